The molecule has 4 N–H and O–H groups in total. The maximum absolute atomic E-state index is 10.6. The van der Waals surface area contributed by atoms with Crippen molar-refractivity contribution in [2.45, 2.75) is 50.6 Å². The molecule has 3 aromatic heterocycles. The van der Waals surface area contributed by atoms with E-state index in [-0.39, 0.29) is 18.8 Å². The Bertz CT molecular complexity index is 1270. The van der Waals surface area contributed by atoms with Gasteiger partial charge in [-0.1, -0.05) is 29.5 Å². The van der Waals surface area contributed by atoms with Crippen LogP contribution in [0.25, 0.3) is 10.2 Å². The van der Waals surface area contributed by atoms with Crippen molar-refractivity contribution in [2.75, 3.05) is 25.6 Å². The Morgan fingerprint density at radius 3 is 2.79 bits per heavy atom. The van der Waals surface area contributed by atoms with Gasteiger partial charge in [0.05, 0.1) is 20.8 Å². The third kappa shape index (κ3) is 8.05. The third-order valence-corrected chi connectivity index (χ3v) is 7.88. The van der Waals surface area contributed by atoms with Crippen molar-refractivity contribution in [1.29, 1.82) is 0 Å². The van der Waals surface area contributed by atoms with Crippen LogP contribution in [0.3, 0.4) is 0 Å². The van der Waals surface area contributed by atoms with Gasteiger partial charge in [0.1, 0.15) is 16.8 Å². The third-order valence-electron chi connectivity index (χ3n) is 5.54. The van der Waals surface area contributed by atoms with Crippen molar-refractivity contribution >= 4 is 56.1 Å². The van der Waals surface area contributed by atoms with Crippen molar-refractivity contribution in [1.82, 2.24) is 10.3 Å². The van der Waals surface area contributed by atoms with Crippen molar-refractivity contribution in [3.05, 3.63) is 44.1 Å². The smallest absolute Gasteiger partial charge is 0.475 e. The zero-order chi connectivity index (χ0) is 27.7. The Balaban J connectivity index is 0.000000505. The summed E-state index contributed by atoms with van der Waals surface area (Å²) in [5, 5.41) is 25.7. The number of likely N-dealkylation sites (N-methyl/N-ethyl adjacent to an activating group) is 1. The van der Waals surface area contributed by atoms with E-state index in [4.69, 9.17) is 31.3 Å². The Morgan fingerprint density at radius 1 is 1.39 bits per heavy atom. The van der Waals surface area contributed by atoms with E-state index >= 15 is 0 Å². The predicted molar refractivity (Wildman–Crippen MR) is 144 cm³/mol. The van der Waals surface area contributed by atoms with E-state index in [0.717, 1.165) is 52.3 Å². The van der Waals surface area contributed by atoms with Crippen LogP contribution >= 0.6 is 34.3 Å². The molecule has 4 heterocycles. The molecule has 0 aliphatic carbocycles. The predicted octanol–water partition coefficient (Wildman–Crippen LogP) is 5.82. The molecule has 0 aromatic carbocycles. The van der Waals surface area contributed by atoms with Crippen molar-refractivity contribution < 1.29 is 32.9 Å². The van der Waals surface area contributed by atoms with Gasteiger partial charge < -0.3 is 25.6 Å². The molecule has 1 fully saturated rings. The lowest BCUT2D eigenvalue weighted by atomic mass is 9.99. The minimum Gasteiger partial charge on any atom is -0.475 e. The van der Waals surface area contributed by atoms with Crippen LogP contribution in [0.4, 0.5) is 18.9 Å². The SMILES string of the molecule is CN[C@H]1CCCO[C@@H]1c1sc2c(NCc3cccs3)cc(Cl)nc2c1C#CCCCO.O=C(O)C(F)(F)F. The van der Waals surface area contributed by atoms with Crippen LogP contribution in [-0.2, 0) is 16.1 Å². The first-order chi connectivity index (χ1) is 18.2. The Morgan fingerprint density at radius 2 is 2.16 bits per heavy atom. The highest BCUT2D eigenvalue weighted by Gasteiger charge is 2.38. The van der Waals surface area contributed by atoms with Crippen molar-refractivity contribution in [3.8, 4) is 11.8 Å². The van der Waals surface area contributed by atoms with E-state index in [9.17, 15) is 13.2 Å². The number of nitrogens with one attached hydrogen (secondary N) is 2. The molecular weight excluding hydrogens is 563 g/mol. The summed E-state index contributed by atoms with van der Waals surface area (Å²) in [5.74, 6) is 3.78. The molecule has 38 heavy (non-hydrogen) atoms. The van der Waals surface area contributed by atoms with Crippen LogP contribution in [0.5, 0.6) is 0 Å². The molecule has 2 atom stereocenters. The van der Waals surface area contributed by atoms with Crippen LogP contribution in [-0.4, -0.2) is 53.6 Å². The van der Waals surface area contributed by atoms with E-state index in [1.807, 2.05) is 13.1 Å². The topological polar surface area (TPSA) is 104 Å². The molecule has 0 saturated carbocycles. The van der Waals surface area contributed by atoms with Gasteiger partial charge in [0, 0.05) is 43.2 Å². The number of hydrogen-bond donors (Lipinski definition) is 4. The standard InChI is InChI=1S/C23H26ClN3O2S2.C2HF3O2/c1-25-17-9-5-11-29-21(17)22-16(8-3-2-4-10-28)20-23(31-22)18(13-19(24)27-20)26-14-15-7-6-12-30-15;3-2(4,5)1(6)7/h6-7,12-13,17,21,25,28H,2,4-5,9-11,14H2,1H3,(H,26,27);(H,6,7)/t17-,21-;/m0./s1. The quantitative estimate of drug-likeness (QED) is 0.156. The maximum Gasteiger partial charge on any atom is 0.490 e. The second kappa shape index (κ2) is 14.1. The summed E-state index contributed by atoms with van der Waals surface area (Å²) in [6.07, 6.45) is -1.75. The van der Waals surface area contributed by atoms with Gasteiger partial charge >= 0.3 is 12.1 Å². The molecule has 0 bridgehead atoms. The number of thiophene rings is 2. The van der Waals surface area contributed by atoms with Crippen LogP contribution in [0.1, 0.15) is 47.1 Å². The molecule has 3 aromatic rings. The van der Waals surface area contributed by atoms with Gasteiger partial charge in [0.2, 0.25) is 0 Å². The summed E-state index contributed by atoms with van der Waals surface area (Å²) in [4.78, 5) is 15.9. The van der Waals surface area contributed by atoms with Gasteiger partial charge in [-0.3, -0.25) is 0 Å². The first kappa shape index (κ1) is 30.1. The molecule has 1 aliphatic rings. The van der Waals surface area contributed by atoms with Crippen molar-refractivity contribution in [2.24, 2.45) is 0 Å². The number of aliphatic hydroxyl groups is 1. The molecule has 0 unspecified atom stereocenters. The second-order valence-electron chi connectivity index (χ2n) is 8.21. The van der Waals surface area contributed by atoms with Gasteiger partial charge in [0.15, 0.2) is 0 Å². The number of rotatable bonds is 7. The molecular formula is C25H27ClF3N3O4S2. The molecule has 1 saturated heterocycles. The number of aliphatic carboxylic acids is 1. The van der Waals surface area contributed by atoms with Crippen LogP contribution in [0.15, 0.2) is 23.6 Å². The molecule has 206 valence electrons. The summed E-state index contributed by atoms with van der Waals surface area (Å²) >= 11 is 9.83. The van der Waals surface area contributed by atoms with Gasteiger partial charge in [-0.25, -0.2) is 9.78 Å². The number of unbranched alkanes of at least 4 members (excludes halogenated alkanes) is 1. The minimum atomic E-state index is -5.08. The van der Waals surface area contributed by atoms with Crippen molar-refractivity contribution in [3.63, 3.8) is 0 Å². The minimum absolute atomic E-state index is 0.0657. The Labute approximate surface area is 231 Å². The van der Waals surface area contributed by atoms with Gasteiger partial charge in [-0.05, 0) is 37.8 Å². The fraction of sp³-hybridized carbons (Fsp3) is 0.440. The summed E-state index contributed by atoms with van der Waals surface area (Å²) in [6.45, 7) is 1.61. The van der Waals surface area contributed by atoms with E-state index in [1.165, 1.54) is 4.88 Å². The number of aromatic nitrogens is 1. The molecule has 1 aliphatic heterocycles. The molecule has 0 radical (unpaired) electrons. The molecule has 0 spiro atoms. The van der Waals surface area contributed by atoms with E-state index in [2.05, 4.69) is 45.0 Å². The lowest BCUT2D eigenvalue weighted by Crippen LogP contribution is -2.37. The number of anilines is 1. The summed E-state index contributed by atoms with van der Waals surface area (Å²) in [7, 11) is 1.98. The van der Waals surface area contributed by atoms with E-state index < -0.39 is 12.1 Å². The number of carboxylic acids is 1. The second-order valence-corrected chi connectivity index (χ2v) is 10.7. The highest BCUT2D eigenvalue weighted by Crippen LogP contribution is 2.43. The lowest BCUT2D eigenvalue weighted by Gasteiger charge is -2.31. The molecule has 4 rings (SSSR count). The molecule has 13 heteroatoms. The number of carboxylic acid groups (broad SMARTS) is 1. The average Bonchev–Trinajstić information content (AvgIpc) is 3.53. The number of alkyl halides is 3. The van der Waals surface area contributed by atoms with Crippen LogP contribution < -0.4 is 10.6 Å². The van der Waals surface area contributed by atoms with E-state index in [0.29, 0.717) is 18.0 Å². The summed E-state index contributed by atoms with van der Waals surface area (Å²) in [6, 6.07) is 6.29. The largest absolute Gasteiger partial charge is 0.490 e. The number of aliphatic hydroxyl groups excluding tert-OH is 1. The lowest BCUT2D eigenvalue weighted by molar-refractivity contribution is -0.192. The van der Waals surface area contributed by atoms with Gasteiger partial charge in [-0.2, -0.15) is 13.2 Å². The number of ether oxygens (including phenoxy) is 1. The fourth-order valence-corrected chi connectivity index (χ4v) is 5.90. The highest BCUT2D eigenvalue weighted by atomic mass is 35.5. The maximum atomic E-state index is 10.6. The fourth-order valence-electron chi connectivity index (χ4n) is 3.75. The number of halogens is 4. The first-order valence-electron chi connectivity index (χ1n) is 11.7. The summed E-state index contributed by atoms with van der Waals surface area (Å²) in [5.41, 5.74) is 2.68. The number of pyridine rings is 1. The number of fused-ring (bicyclic) bond motifs is 1. The molecule has 7 nitrogen and oxygen atoms in total. The normalized spacial score (nSPS) is 17.3. The zero-order valence-electron chi connectivity index (χ0n) is 20.4. The average molecular weight is 590 g/mol. The Kier molecular flexibility index (Phi) is 11.2. The van der Waals surface area contributed by atoms with Gasteiger partial charge in [-0.15, -0.1) is 22.7 Å². The Hall–Kier alpha value is -2.40. The van der Waals surface area contributed by atoms with Crippen LogP contribution in [0, 0.1) is 11.8 Å². The highest BCUT2D eigenvalue weighted by molar-refractivity contribution is 7.20. The van der Waals surface area contributed by atoms with Crippen LogP contribution in [0.2, 0.25) is 5.15 Å². The number of nitrogens with zero attached hydrogens (tertiary/aromatic N) is 1. The number of carbonyl (C=O) groups is 1. The monoisotopic (exact) mass is 589 g/mol. The summed E-state index contributed by atoms with van der Waals surface area (Å²) < 4.78 is 39.0. The van der Waals surface area contributed by atoms with Gasteiger partial charge in [0.25, 0.3) is 0 Å². The zero-order valence-corrected chi connectivity index (χ0v) is 22.8. The van der Waals surface area contributed by atoms with E-state index in [1.54, 1.807) is 22.7 Å². The molecule has 0 amide bonds. The number of hydrogen-bond acceptors (Lipinski definition) is 8. The first-order valence-corrected chi connectivity index (χ1v) is 13.8.